The number of fused-ring (bicyclic) bond motifs is 1. The maximum Gasteiger partial charge on any atom is 0.127 e. The van der Waals surface area contributed by atoms with Crippen LogP contribution in [0.1, 0.15) is 32.5 Å². The molecule has 4 heteroatoms. The molecule has 2 aromatic rings. The Labute approximate surface area is 125 Å². The van der Waals surface area contributed by atoms with Crippen molar-refractivity contribution in [3.63, 3.8) is 0 Å². The molecule has 1 aromatic carbocycles. The minimum atomic E-state index is -0.484. The van der Waals surface area contributed by atoms with Gasteiger partial charge in [0.25, 0.3) is 0 Å². The van der Waals surface area contributed by atoms with Gasteiger partial charge in [0.1, 0.15) is 11.4 Å². The van der Waals surface area contributed by atoms with Gasteiger partial charge in [-0.2, -0.15) is 5.26 Å². The number of rotatable bonds is 5. The Morgan fingerprint density at radius 2 is 2.14 bits per heavy atom. The number of aryl methyl sites for hydroxylation is 1. The molecule has 1 N–H and O–H groups in total. The van der Waals surface area contributed by atoms with Gasteiger partial charge in [-0.3, -0.25) is 5.32 Å². The standard InChI is InChI=1S/C17H22N4/c1-12(2)20-17(10-18,14-8-9-14)11-21-13(3)19-15-6-4-5-7-16(15)21/h4-7,12,14,20H,8-9,11H2,1-3H3. The van der Waals surface area contributed by atoms with E-state index in [-0.39, 0.29) is 0 Å². The molecule has 3 rings (SSSR count). The van der Waals surface area contributed by atoms with Crippen molar-refractivity contribution in [3.05, 3.63) is 30.1 Å². The lowest BCUT2D eigenvalue weighted by atomic mass is 9.93. The van der Waals surface area contributed by atoms with E-state index >= 15 is 0 Å². The highest BCUT2D eigenvalue weighted by atomic mass is 15.1. The lowest BCUT2D eigenvalue weighted by Crippen LogP contribution is -2.52. The third-order valence-corrected chi connectivity index (χ3v) is 4.27. The number of hydrogen-bond donors (Lipinski definition) is 1. The third-order valence-electron chi connectivity index (χ3n) is 4.27. The smallest absolute Gasteiger partial charge is 0.127 e. The molecule has 1 aliphatic carbocycles. The van der Waals surface area contributed by atoms with Crippen molar-refractivity contribution in [1.29, 1.82) is 5.26 Å². The summed E-state index contributed by atoms with van der Waals surface area (Å²) in [6.07, 6.45) is 2.28. The van der Waals surface area contributed by atoms with Gasteiger partial charge in [-0.05, 0) is 51.7 Å². The Balaban J connectivity index is 2.02. The van der Waals surface area contributed by atoms with Crippen LogP contribution in [-0.4, -0.2) is 21.1 Å². The number of benzene rings is 1. The maximum atomic E-state index is 9.85. The van der Waals surface area contributed by atoms with Gasteiger partial charge < -0.3 is 4.57 Å². The lowest BCUT2D eigenvalue weighted by Gasteiger charge is -2.31. The summed E-state index contributed by atoms with van der Waals surface area (Å²) in [5.74, 6) is 1.42. The summed E-state index contributed by atoms with van der Waals surface area (Å²) in [5.41, 5.74) is 1.63. The van der Waals surface area contributed by atoms with E-state index in [1.165, 1.54) is 0 Å². The largest absolute Gasteiger partial charge is 0.325 e. The first-order chi connectivity index (χ1) is 10.1. The Bertz CT molecular complexity index is 690. The Hall–Kier alpha value is -1.86. The van der Waals surface area contributed by atoms with E-state index in [9.17, 15) is 5.26 Å². The molecule has 0 saturated heterocycles. The van der Waals surface area contributed by atoms with Crippen molar-refractivity contribution in [2.75, 3.05) is 0 Å². The molecular weight excluding hydrogens is 260 g/mol. The number of nitrogens with one attached hydrogen (secondary N) is 1. The Morgan fingerprint density at radius 3 is 2.76 bits per heavy atom. The van der Waals surface area contributed by atoms with Crippen LogP contribution >= 0.6 is 0 Å². The zero-order chi connectivity index (χ0) is 15.0. The highest BCUT2D eigenvalue weighted by molar-refractivity contribution is 5.75. The normalized spacial score (nSPS) is 17.9. The summed E-state index contributed by atoms with van der Waals surface area (Å²) in [6, 6.07) is 11.0. The van der Waals surface area contributed by atoms with Gasteiger partial charge in [0.15, 0.2) is 0 Å². The molecule has 21 heavy (non-hydrogen) atoms. The number of imidazole rings is 1. The molecule has 110 valence electrons. The van der Waals surface area contributed by atoms with E-state index in [1.54, 1.807) is 0 Å². The second kappa shape index (κ2) is 5.16. The number of hydrogen-bond acceptors (Lipinski definition) is 3. The summed E-state index contributed by atoms with van der Waals surface area (Å²) < 4.78 is 2.19. The quantitative estimate of drug-likeness (QED) is 0.917. The molecule has 1 heterocycles. The fourth-order valence-corrected chi connectivity index (χ4v) is 3.19. The molecule has 0 radical (unpaired) electrons. The Morgan fingerprint density at radius 1 is 1.43 bits per heavy atom. The van der Waals surface area contributed by atoms with Crippen LogP contribution in [0.5, 0.6) is 0 Å². The van der Waals surface area contributed by atoms with Crippen LogP contribution in [0.25, 0.3) is 11.0 Å². The maximum absolute atomic E-state index is 9.85. The molecule has 1 unspecified atom stereocenters. The number of nitrogens with zero attached hydrogens (tertiary/aromatic N) is 3. The van der Waals surface area contributed by atoms with Crippen LogP contribution in [0.15, 0.2) is 24.3 Å². The van der Waals surface area contributed by atoms with E-state index in [2.05, 4.69) is 40.9 Å². The van der Waals surface area contributed by atoms with E-state index in [1.807, 2.05) is 25.1 Å². The molecule has 1 saturated carbocycles. The molecular formula is C17H22N4. The average Bonchev–Trinajstić information content (AvgIpc) is 3.25. The van der Waals surface area contributed by atoms with Gasteiger partial charge in [0.05, 0.1) is 23.6 Å². The van der Waals surface area contributed by atoms with Crippen molar-refractivity contribution < 1.29 is 0 Å². The number of aromatic nitrogens is 2. The molecule has 1 aromatic heterocycles. The van der Waals surface area contributed by atoms with Crippen molar-refractivity contribution >= 4 is 11.0 Å². The zero-order valence-electron chi connectivity index (χ0n) is 12.9. The summed E-state index contributed by atoms with van der Waals surface area (Å²) in [6.45, 7) is 6.89. The summed E-state index contributed by atoms with van der Waals surface area (Å²) >= 11 is 0. The van der Waals surface area contributed by atoms with E-state index < -0.39 is 5.54 Å². The topological polar surface area (TPSA) is 53.6 Å². The zero-order valence-corrected chi connectivity index (χ0v) is 12.9. The van der Waals surface area contributed by atoms with E-state index in [4.69, 9.17) is 0 Å². The number of nitriles is 1. The minimum Gasteiger partial charge on any atom is -0.325 e. The molecule has 0 amide bonds. The Kier molecular flexibility index (Phi) is 3.46. The summed E-state index contributed by atoms with van der Waals surface area (Å²) in [5, 5.41) is 13.4. The molecule has 1 atom stereocenters. The molecule has 1 aliphatic rings. The van der Waals surface area contributed by atoms with Crippen molar-refractivity contribution in [3.8, 4) is 6.07 Å². The fourth-order valence-electron chi connectivity index (χ4n) is 3.19. The van der Waals surface area contributed by atoms with Crippen LogP contribution in [0.2, 0.25) is 0 Å². The van der Waals surface area contributed by atoms with E-state index in [0.29, 0.717) is 18.5 Å². The van der Waals surface area contributed by atoms with Gasteiger partial charge >= 0.3 is 0 Å². The minimum absolute atomic E-state index is 0.292. The predicted octanol–water partition coefficient (Wildman–Crippen LogP) is 3.02. The average molecular weight is 282 g/mol. The number of para-hydroxylation sites is 2. The van der Waals surface area contributed by atoms with Crippen molar-refractivity contribution in [2.24, 2.45) is 5.92 Å². The third kappa shape index (κ3) is 2.54. The summed E-state index contributed by atoms with van der Waals surface area (Å²) in [4.78, 5) is 4.62. The van der Waals surface area contributed by atoms with Crippen molar-refractivity contribution in [2.45, 2.75) is 51.7 Å². The first-order valence-corrected chi connectivity index (χ1v) is 7.66. The second-order valence-electron chi connectivity index (χ2n) is 6.39. The molecule has 0 spiro atoms. The van der Waals surface area contributed by atoms with E-state index in [0.717, 1.165) is 29.7 Å². The van der Waals surface area contributed by atoms with Crippen LogP contribution in [0.4, 0.5) is 0 Å². The molecule has 0 bridgehead atoms. The van der Waals surface area contributed by atoms with Gasteiger partial charge in [0.2, 0.25) is 0 Å². The highest BCUT2D eigenvalue weighted by Gasteiger charge is 2.46. The van der Waals surface area contributed by atoms with Crippen molar-refractivity contribution in [1.82, 2.24) is 14.9 Å². The fraction of sp³-hybridized carbons (Fsp3) is 0.529. The van der Waals surface area contributed by atoms with Gasteiger partial charge in [0, 0.05) is 6.04 Å². The van der Waals surface area contributed by atoms with Crippen LogP contribution < -0.4 is 5.32 Å². The first kappa shape index (κ1) is 14.1. The molecule has 0 aliphatic heterocycles. The van der Waals surface area contributed by atoms with Gasteiger partial charge in [-0.25, -0.2) is 4.98 Å². The SMILES string of the molecule is Cc1nc2ccccc2n1CC(C#N)(NC(C)C)C1CC1. The van der Waals surface area contributed by atoms with Crippen LogP contribution in [0, 0.1) is 24.2 Å². The van der Waals surface area contributed by atoms with Gasteiger partial charge in [-0.15, -0.1) is 0 Å². The van der Waals surface area contributed by atoms with Crippen LogP contribution in [0.3, 0.4) is 0 Å². The van der Waals surface area contributed by atoms with Gasteiger partial charge in [-0.1, -0.05) is 12.1 Å². The molecule has 4 nitrogen and oxygen atoms in total. The summed E-state index contributed by atoms with van der Waals surface area (Å²) in [7, 11) is 0. The predicted molar refractivity (Wildman–Crippen MR) is 83.8 cm³/mol. The first-order valence-electron chi connectivity index (χ1n) is 7.66. The second-order valence-corrected chi connectivity index (χ2v) is 6.39. The molecule has 1 fully saturated rings. The lowest BCUT2D eigenvalue weighted by molar-refractivity contribution is 0.295. The highest BCUT2D eigenvalue weighted by Crippen LogP contribution is 2.41. The van der Waals surface area contributed by atoms with Crippen LogP contribution in [-0.2, 0) is 6.54 Å². The monoisotopic (exact) mass is 282 g/mol.